The largest absolute Gasteiger partial charge is 0.335 e. The van der Waals surface area contributed by atoms with Crippen LogP contribution in [0.3, 0.4) is 0 Å². The summed E-state index contributed by atoms with van der Waals surface area (Å²) in [7, 11) is 0. The van der Waals surface area contributed by atoms with E-state index in [-0.39, 0.29) is 11.9 Å². The van der Waals surface area contributed by atoms with Crippen LogP contribution in [-0.2, 0) is 0 Å². The Morgan fingerprint density at radius 3 is 2.42 bits per heavy atom. The second kappa shape index (κ2) is 8.00. The Morgan fingerprint density at radius 2 is 1.95 bits per heavy atom. The second-order valence-corrected chi connectivity index (χ2v) is 6.02. The number of rotatable bonds is 6. The molecule has 1 aromatic carbocycles. The van der Waals surface area contributed by atoms with Gasteiger partial charge in [0, 0.05) is 28.0 Å². The highest BCUT2D eigenvalue weighted by atomic mass is 79.9. The summed E-state index contributed by atoms with van der Waals surface area (Å²) in [6, 6.07) is 4.49. The van der Waals surface area contributed by atoms with Crippen molar-refractivity contribution >= 4 is 37.8 Å². The van der Waals surface area contributed by atoms with Gasteiger partial charge in [0.15, 0.2) is 0 Å². The zero-order valence-electron chi connectivity index (χ0n) is 11.1. The number of alkyl halides is 1. The van der Waals surface area contributed by atoms with Gasteiger partial charge in [0.25, 0.3) is 5.91 Å². The highest BCUT2D eigenvalue weighted by molar-refractivity contribution is 9.10. The number of amides is 1. The van der Waals surface area contributed by atoms with E-state index < -0.39 is 5.82 Å². The van der Waals surface area contributed by atoms with E-state index in [4.69, 9.17) is 0 Å². The van der Waals surface area contributed by atoms with Gasteiger partial charge >= 0.3 is 0 Å². The van der Waals surface area contributed by atoms with Crippen molar-refractivity contribution in [3.8, 4) is 0 Å². The van der Waals surface area contributed by atoms with Crippen LogP contribution in [0.4, 0.5) is 4.39 Å². The molecule has 19 heavy (non-hydrogen) atoms. The summed E-state index contributed by atoms with van der Waals surface area (Å²) in [4.78, 5) is 14.3. The molecule has 0 aliphatic rings. The molecule has 0 atom stereocenters. The van der Waals surface area contributed by atoms with Crippen molar-refractivity contribution in [2.75, 3.05) is 11.9 Å². The van der Waals surface area contributed by atoms with E-state index >= 15 is 0 Å². The summed E-state index contributed by atoms with van der Waals surface area (Å²) in [5.74, 6) is -0.519. The van der Waals surface area contributed by atoms with E-state index in [0.717, 1.165) is 12.8 Å². The fourth-order valence-corrected chi connectivity index (χ4v) is 2.96. The highest BCUT2D eigenvalue weighted by Crippen LogP contribution is 2.19. The van der Waals surface area contributed by atoms with E-state index in [1.807, 2.05) is 4.90 Å². The summed E-state index contributed by atoms with van der Waals surface area (Å²) < 4.78 is 14.0. The van der Waals surface area contributed by atoms with Crippen LogP contribution in [-0.4, -0.2) is 28.7 Å². The third kappa shape index (κ3) is 4.56. The Labute approximate surface area is 130 Å². The number of hydrogen-bond acceptors (Lipinski definition) is 1. The van der Waals surface area contributed by atoms with E-state index in [0.29, 0.717) is 21.9 Å². The molecule has 0 aromatic heterocycles. The van der Waals surface area contributed by atoms with Crippen LogP contribution in [0.2, 0.25) is 0 Å². The molecule has 0 aliphatic carbocycles. The monoisotopic (exact) mass is 393 g/mol. The van der Waals surface area contributed by atoms with Gasteiger partial charge in [0.05, 0.1) is 0 Å². The topological polar surface area (TPSA) is 20.3 Å². The van der Waals surface area contributed by atoms with Crippen molar-refractivity contribution in [3.63, 3.8) is 0 Å². The first-order valence-electron chi connectivity index (χ1n) is 6.36. The van der Waals surface area contributed by atoms with Crippen molar-refractivity contribution in [1.82, 2.24) is 4.90 Å². The molecule has 2 nitrogen and oxygen atoms in total. The lowest BCUT2D eigenvalue weighted by molar-refractivity contribution is 0.0682. The van der Waals surface area contributed by atoms with Crippen LogP contribution < -0.4 is 0 Å². The van der Waals surface area contributed by atoms with Gasteiger partial charge in [0.1, 0.15) is 5.82 Å². The fourth-order valence-electron chi connectivity index (χ4n) is 2.11. The van der Waals surface area contributed by atoms with Gasteiger partial charge in [-0.15, -0.1) is 0 Å². The zero-order chi connectivity index (χ0) is 14.4. The molecule has 0 aliphatic heterocycles. The summed E-state index contributed by atoms with van der Waals surface area (Å²) in [5, 5.41) is 0.714. The highest BCUT2D eigenvalue weighted by Gasteiger charge is 2.22. The molecule has 1 aromatic rings. The van der Waals surface area contributed by atoms with Gasteiger partial charge in [-0.05, 0) is 31.0 Å². The maximum absolute atomic E-state index is 13.4. The van der Waals surface area contributed by atoms with E-state index in [9.17, 15) is 9.18 Å². The van der Waals surface area contributed by atoms with Crippen LogP contribution >= 0.6 is 31.9 Å². The number of benzene rings is 1. The molecule has 106 valence electrons. The average Bonchev–Trinajstić information content (AvgIpc) is 2.37. The van der Waals surface area contributed by atoms with Gasteiger partial charge in [-0.1, -0.05) is 45.7 Å². The molecule has 0 unspecified atom stereocenters. The van der Waals surface area contributed by atoms with Crippen molar-refractivity contribution in [1.29, 1.82) is 0 Å². The number of nitrogens with zero attached hydrogens (tertiary/aromatic N) is 1. The maximum atomic E-state index is 13.4. The molecule has 0 N–H and O–H groups in total. The molecular weight excluding hydrogens is 377 g/mol. The normalized spacial score (nSPS) is 10.8. The van der Waals surface area contributed by atoms with Gasteiger partial charge in [0.2, 0.25) is 0 Å². The quantitative estimate of drug-likeness (QED) is 0.645. The minimum absolute atomic E-state index is 0.117. The summed E-state index contributed by atoms with van der Waals surface area (Å²) in [6.07, 6.45) is 1.79. The van der Waals surface area contributed by atoms with Gasteiger partial charge in [-0.3, -0.25) is 4.79 Å². The molecule has 0 fully saturated rings. The summed E-state index contributed by atoms with van der Waals surface area (Å²) in [5.41, 5.74) is 0.389. The molecular formula is C14H18Br2FNO. The van der Waals surface area contributed by atoms with E-state index in [1.165, 1.54) is 12.1 Å². The predicted molar refractivity (Wildman–Crippen MR) is 83.3 cm³/mol. The molecule has 0 heterocycles. The molecule has 0 saturated heterocycles. The van der Waals surface area contributed by atoms with E-state index in [1.54, 1.807) is 6.07 Å². The van der Waals surface area contributed by atoms with E-state index in [2.05, 4.69) is 45.7 Å². The SMILES string of the molecule is CCC(CC)N(CCBr)C(=O)c1cc(F)cc(Br)c1. The molecule has 5 heteroatoms. The average molecular weight is 395 g/mol. The summed E-state index contributed by atoms with van der Waals surface area (Å²) in [6.45, 7) is 4.74. The van der Waals surface area contributed by atoms with Crippen LogP contribution in [0.5, 0.6) is 0 Å². The Kier molecular flexibility index (Phi) is 7.00. The van der Waals surface area contributed by atoms with Crippen LogP contribution in [0.1, 0.15) is 37.0 Å². The molecule has 0 radical (unpaired) electrons. The van der Waals surface area contributed by atoms with Crippen molar-refractivity contribution in [2.45, 2.75) is 32.7 Å². The molecule has 0 saturated carbocycles. The fraction of sp³-hybridized carbons (Fsp3) is 0.500. The Bertz CT molecular complexity index is 415. The lowest BCUT2D eigenvalue weighted by Gasteiger charge is -2.30. The first-order chi connectivity index (χ1) is 9.03. The number of halogens is 3. The third-order valence-corrected chi connectivity index (χ3v) is 3.89. The van der Waals surface area contributed by atoms with Crippen LogP contribution in [0, 0.1) is 5.82 Å². The predicted octanol–water partition coefficient (Wildman–Crippen LogP) is 4.61. The first kappa shape index (κ1) is 16.6. The zero-order valence-corrected chi connectivity index (χ0v) is 14.3. The molecule has 1 rings (SSSR count). The Morgan fingerprint density at radius 1 is 1.32 bits per heavy atom. The smallest absolute Gasteiger partial charge is 0.254 e. The van der Waals surface area contributed by atoms with Gasteiger partial charge in [-0.2, -0.15) is 0 Å². The minimum Gasteiger partial charge on any atom is -0.335 e. The Hall–Kier alpha value is -0.420. The first-order valence-corrected chi connectivity index (χ1v) is 8.27. The van der Waals surface area contributed by atoms with Crippen molar-refractivity contribution in [3.05, 3.63) is 34.1 Å². The van der Waals surface area contributed by atoms with Crippen LogP contribution in [0.15, 0.2) is 22.7 Å². The van der Waals surface area contributed by atoms with Crippen molar-refractivity contribution < 1.29 is 9.18 Å². The number of hydrogen-bond donors (Lipinski definition) is 0. The Balaban J connectivity index is 3.04. The molecule has 0 spiro atoms. The van der Waals surface area contributed by atoms with Crippen LogP contribution in [0.25, 0.3) is 0 Å². The number of carbonyl (C=O) groups is 1. The standard InChI is InChI=1S/C14H18Br2FNO/c1-3-13(4-2)18(6-5-15)14(19)10-7-11(16)9-12(17)8-10/h7-9,13H,3-6H2,1-2H3. The van der Waals surface area contributed by atoms with Crippen molar-refractivity contribution in [2.24, 2.45) is 0 Å². The lowest BCUT2D eigenvalue weighted by Crippen LogP contribution is -2.41. The lowest BCUT2D eigenvalue weighted by atomic mass is 10.1. The maximum Gasteiger partial charge on any atom is 0.254 e. The molecule has 1 amide bonds. The van der Waals surface area contributed by atoms with Gasteiger partial charge < -0.3 is 4.90 Å². The van der Waals surface area contributed by atoms with Gasteiger partial charge in [-0.25, -0.2) is 4.39 Å². The minimum atomic E-state index is -0.402. The third-order valence-electron chi connectivity index (χ3n) is 3.08. The summed E-state index contributed by atoms with van der Waals surface area (Å²) >= 11 is 6.59. The number of carbonyl (C=O) groups excluding carboxylic acids is 1. The molecule has 0 bridgehead atoms. The second-order valence-electron chi connectivity index (χ2n) is 4.32.